The Labute approximate surface area is 113 Å². The summed E-state index contributed by atoms with van der Waals surface area (Å²) in [7, 11) is 0. The summed E-state index contributed by atoms with van der Waals surface area (Å²) >= 11 is 0. The second kappa shape index (κ2) is 6.10. The summed E-state index contributed by atoms with van der Waals surface area (Å²) in [6, 6.07) is 4.77. The number of hydrogen-bond acceptors (Lipinski definition) is 4. The first kappa shape index (κ1) is 14.6. The van der Waals surface area contributed by atoms with Crippen LogP contribution in [0.25, 0.3) is 0 Å². The van der Waals surface area contributed by atoms with Crippen LogP contribution in [0.2, 0.25) is 0 Å². The number of nitrogens with one attached hydrogen (secondary N) is 3. The lowest BCUT2D eigenvalue weighted by Gasteiger charge is -2.23. The van der Waals surface area contributed by atoms with Crippen LogP contribution in [0.15, 0.2) is 24.3 Å². The van der Waals surface area contributed by atoms with Crippen molar-refractivity contribution in [2.75, 3.05) is 25.0 Å². The molecule has 2 rings (SSSR count). The second-order valence-corrected chi connectivity index (χ2v) is 4.28. The lowest BCUT2D eigenvalue weighted by atomic mass is 10.2. The average Bonchev–Trinajstić information content (AvgIpc) is 2.38. The number of halogens is 3. The molecule has 8 heteroatoms. The Morgan fingerprint density at radius 3 is 2.80 bits per heavy atom. The Hall–Kier alpha value is -1.80. The van der Waals surface area contributed by atoms with Crippen LogP contribution >= 0.6 is 0 Å². The number of alkyl halides is 3. The normalized spacial score (nSPS) is 19.4. The molecule has 1 aromatic carbocycles. The fourth-order valence-electron chi connectivity index (χ4n) is 1.84. The van der Waals surface area contributed by atoms with Crippen molar-refractivity contribution in [3.8, 4) is 5.75 Å². The maximum absolute atomic E-state index is 12.1. The Bertz CT molecular complexity index is 473. The van der Waals surface area contributed by atoms with E-state index in [0.29, 0.717) is 13.1 Å². The fourth-order valence-corrected chi connectivity index (χ4v) is 1.84. The summed E-state index contributed by atoms with van der Waals surface area (Å²) < 4.78 is 40.1. The van der Waals surface area contributed by atoms with Crippen molar-refractivity contribution in [2.45, 2.75) is 12.4 Å². The average molecular weight is 289 g/mol. The van der Waals surface area contributed by atoms with Crippen LogP contribution in [0, 0.1) is 0 Å². The van der Waals surface area contributed by atoms with Gasteiger partial charge in [0.25, 0.3) is 0 Å². The summed E-state index contributed by atoms with van der Waals surface area (Å²) in [6.45, 7) is 1.92. The summed E-state index contributed by atoms with van der Waals surface area (Å²) in [4.78, 5) is 11.9. The zero-order valence-corrected chi connectivity index (χ0v) is 10.5. The van der Waals surface area contributed by atoms with Crippen LogP contribution in [0.5, 0.6) is 5.75 Å². The molecule has 1 atom stereocenters. The van der Waals surface area contributed by atoms with E-state index in [1.54, 1.807) is 0 Å². The standard InChI is InChI=1S/C12H14F3N3O2/c13-12(14,15)20-9-3-1-2-8(6-9)18-11(19)10-7-16-4-5-17-10/h1-3,6,10,16-17H,4-5,7H2,(H,18,19). The first-order chi connectivity index (χ1) is 9.44. The van der Waals surface area contributed by atoms with Crippen LogP contribution in [0.3, 0.4) is 0 Å². The third-order valence-electron chi connectivity index (χ3n) is 2.69. The predicted molar refractivity (Wildman–Crippen MR) is 66.4 cm³/mol. The number of benzene rings is 1. The molecule has 0 saturated carbocycles. The maximum Gasteiger partial charge on any atom is 0.573 e. The first-order valence-corrected chi connectivity index (χ1v) is 6.05. The molecule has 1 unspecified atom stereocenters. The van der Waals surface area contributed by atoms with E-state index in [1.807, 2.05) is 0 Å². The topological polar surface area (TPSA) is 62.4 Å². The van der Waals surface area contributed by atoms with Gasteiger partial charge in [0.1, 0.15) is 5.75 Å². The molecule has 1 fully saturated rings. The van der Waals surface area contributed by atoms with E-state index in [0.717, 1.165) is 12.6 Å². The van der Waals surface area contributed by atoms with Crippen molar-refractivity contribution in [1.82, 2.24) is 10.6 Å². The molecule has 5 nitrogen and oxygen atoms in total. The van der Waals surface area contributed by atoms with Crippen LogP contribution < -0.4 is 20.7 Å². The van der Waals surface area contributed by atoms with Crippen molar-refractivity contribution < 1.29 is 22.7 Å². The van der Waals surface area contributed by atoms with Gasteiger partial charge in [0.2, 0.25) is 5.91 Å². The molecule has 1 amide bonds. The molecule has 1 aliphatic rings. The number of anilines is 1. The monoisotopic (exact) mass is 289 g/mol. The highest BCUT2D eigenvalue weighted by molar-refractivity contribution is 5.95. The van der Waals surface area contributed by atoms with E-state index in [9.17, 15) is 18.0 Å². The van der Waals surface area contributed by atoms with Gasteiger partial charge in [-0.25, -0.2) is 0 Å². The van der Waals surface area contributed by atoms with Crippen LogP contribution in [-0.2, 0) is 4.79 Å². The van der Waals surface area contributed by atoms with Crippen LogP contribution in [0.1, 0.15) is 0 Å². The predicted octanol–water partition coefficient (Wildman–Crippen LogP) is 1.09. The van der Waals surface area contributed by atoms with Gasteiger partial charge in [0, 0.05) is 31.4 Å². The number of piperazine rings is 1. The lowest BCUT2D eigenvalue weighted by Crippen LogP contribution is -2.54. The molecule has 1 heterocycles. The molecule has 0 spiro atoms. The molecule has 1 aromatic rings. The highest BCUT2D eigenvalue weighted by atomic mass is 19.4. The molecule has 1 saturated heterocycles. The van der Waals surface area contributed by atoms with Crippen LogP contribution in [0.4, 0.5) is 18.9 Å². The Morgan fingerprint density at radius 2 is 2.15 bits per heavy atom. The Morgan fingerprint density at radius 1 is 1.35 bits per heavy atom. The number of hydrogen-bond donors (Lipinski definition) is 3. The number of carbonyl (C=O) groups is 1. The van der Waals surface area contributed by atoms with Crippen molar-refractivity contribution in [1.29, 1.82) is 0 Å². The summed E-state index contributed by atoms with van der Waals surface area (Å²) in [5.74, 6) is -0.675. The van der Waals surface area contributed by atoms with Gasteiger partial charge in [-0.1, -0.05) is 6.07 Å². The molecule has 3 N–H and O–H groups in total. The second-order valence-electron chi connectivity index (χ2n) is 4.28. The van der Waals surface area contributed by atoms with Crippen LogP contribution in [-0.4, -0.2) is 37.9 Å². The smallest absolute Gasteiger partial charge is 0.406 e. The molecular formula is C12H14F3N3O2. The van der Waals surface area contributed by atoms with Crippen molar-refractivity contribution in [3.05, 3.63) is 24.3 Å². The molecule has 110 valence electrons. The highest BCUT2D eigenvalue weighted by Crippen LogP contribution is 2.25. The molecule has 0 aromatic heterocycles. The molecular weight excluding hydrogens is 275 g/mol. The minimum Gasteiger partial charge on any atom is -0.406 e. The van der Waals surface area contributed by atoms with E-state index < -0.39 is 12.4 Å². The largest absolute Gasteiger partial charge is 0.573 e. The number of rotatable bonds is 3. The highest BCUT2D eigenvalue weighted by Gasteiger charge is 2.31. The van der Waals surface area contributed by atoms with Gasteiger partial charge < -0.3 is 20.7 Å². The van der Waals surface area contributed by atoms with Gasteiger partial charge in [-0.05, 0) is 12.1 Å². The molecule has 20 heavy (non-hydrogen) atoms. The third kappa shape index (κ3) is 4.39. The van der Waals surface area contributed by atoms with Gasteiger partial charge in [-0.15, -0.1) is 13.2 Å². The van der Waals surface area contributed by atoms with E-state index in [1.165, 1.54) is 18.2 Å². The van der Waals surface area contributed by atoms with Gasteiger partial charge in [0.05, 0.1) is 6.04 Å². The molecule has 0 bridgehead atoms. The molecule has 0 radical (unpaired) electrons. The summed E-state index contributed by atoms with van der Waals surface area (Å²) in [6.07, 6.45) is -4.75. The fraction of sp³-hybridized carbons (Fsp3) is 0.417. The van der Waals surface area contributed by atoms with Crippen molar-refractivity contribution >= 4 is 11.6 Å². The minimum absolute atomic E-state index is 0.254. The Kier molecular flexibility index (Phi) is 4.46. The van der Waals surface area contributed by atoms with E-state index >= 15 is 0 Å². The number of ether oxygens (including phenoxy) is 1. The lowest BCUT2D eigenvalue weighted by molar-refractivity contribution is -0.274. The van der Waals surface area contributed by atoms with E-state index in [4.69, 9.17) is 0 Å². The first-order valence-electron chi connectivity index (χ1n) is 6.05. The quantitative estimate of drug-likeness (QED) is 0.779. The number of amides is 1. The van der Waals surface area contributed by atoms with Gasteiger partial charge >= 0.3 is 6.36 Å². The van der Waals surface area contributed by atoms with Gasteiger partial charge in [-0.3, -0.25) is 4.79 Å². The SMILES string of the molecule is O=C(Nc1cccc(OC(F)(F)F)c1)C1CNCCN1. The minimum atomic E-state index is -4.75. The van der Waals surface area contributed by atoms with Gasteiger partial charge in [0.15, 0.2) is 0 Å². The van der Waals surface area contributed by atoms with Crippen molar-refractivity contribution in [3.63, 3.8) is 0 Å². The van der Waals surface area contributed by atoms with E-state index in [2.05, 4.69) is 20.7 Å². The zero-order chi connectivity index (χ0) is 14.6. The van der Waals surface area contributed by atoms with Crippen molar-refractivity contribution in [2.24, 2.45) is 0 Å². The summed E-state index contributed by atoms with van der Waals surface area (Å²) in [5.41, 5.74) is 0.254. The molecule has 1 aliphatic heterocycles. The molecule has 0 aliphatic carbocycles. The summed E-state index contributed by atoms with van der Waals surface area (Å²) in [5, 5.41) is 8.60. The maximum atomic E-state index is 12.1. The number of carbonyl (C=O) groups excluding carboxylic acids is 1. The van der Waals surface area contributed by atoms with E-state index in [-0.39, 0.29) is 17.3 Å². The van der Waals surface area contributed by atoms with Gasteiger partial charge in [-0.2, -0.15) is 0 Å². The zero-order valence-electron chi connectivity index (χ0n) is 10.5. The third-order valence-corrected chi connectivity index (χ3v) is 2.69. The Balaban J connectivity index is 1.98.